The Labute approximate surface area is 130 Å². The third kappa shape index (κ3) is 3.16. The minimum atomic E-state index is 0.668. The second-order valence-electron chi connectivity index (χ2n) is 4.66. The molecule has 2 N–H and O–H groups in total. The standard InChI is InChI=1S/C13H16N6S2/c1-4-5-14-12-16-10-9(6-7(2)20-10)11(17-12)21-13-15-8(3)18-19-13/h6H,4-5H2,1-3H3,(H,14,16,17)(H,15,18,19). The highest BCUT2D eigenvalue weighted by molar-refractivity contribution is 7.99. The molecule has 0 saturated carbocycles. The van der Waals surface area contributed by atoms with E-state index in [2.05, 4.69) is 50.4 Å². The summed E-state index contributed by atoms with van der Waals surface area (Å²) in [4.78, 5) is 15.7. The summed E-state index contributed by atoms with van der Waals surface area (Å²) in [5.41, 5.74) is 0. The molecule has 0 aliphatic carbocycles. The molecule has 3 heterocycles. The van der Waals surface area contributed by atoms with Crippen molar-refractivity contribution in [2.75, 3.05) is 11.9 Å². The lowest BCUT2D eigenvalue weighted by atomic mass is 10.4. The van der Waals surface area contributed by atoms with Crippen molar-refractivity contribution in [2.45, 2.75) is 37.4 Å². The Morgan fingerprint density at radius 1 is 1.29 bits per heavy atom. The molecule has 0 aliphatic heterocycles. The SMILES string of the molecule is CCCNc1nc(Sc2n[nH]c(C)n2)c2cc(C)sc2n1. The van der Waals surface area contributed by atoms with Gasteiger partial charge in [-0.05, 0) is 38.1 Å². The number of nitrogens with zero attached hydrogens (tertiary/aromatic N) is 4. The van der Waals surface area contributed by atoms with Gasteiger partial charge in [0, 0.05) is 16.8 Å². The number of rotatable bonds is 5. The lowest BCUT2D eigenvalue weighted by Crippen LogP contribution is -2.04. The number of nitrogens with one attached hydrogen (secondary N) is 2. The molecule has 0 atom stereocenters. The van der Waals surface area contributed by atoms with Gasteiger partial charge >= 0.3 is 0 Å². The van der Waals surface area contributed by atoms with Crippen LogP contribution in [0.3, 0.4) is 0 Å². The third-order valence-corrected chi connectivity index (χ3v) is 4.59. The van der Waals surface area contributed by atoms with E-state index in [0.717, 1.165) is 34.0 Å². The van der Waals surface area contributed by atoms with Crippen LogP contribution in [0.1, 0.15) is 24.0 Å². The smallest absolute Gasteiger partial charge is 0.225 e. The number of H-pyrrole nitrogens is 1. The summed E-state index contributed by atoms with van der Waals surface area (Å²) in [5, 5.41) is 12.9. The minimum absolute atomic E-state index is 0.668. The van der Waals surface area contributed by atoms with Crippen LogP contribution in [0.5, 0.6) is 0 Å². The van der Waals surface area contributed by atoms with Crippen LogP contribution in [0, 0.1) is 13.8 Å². The maximum absolute atomic E-state index is 4.61. The molecule has 8 heteroatoms. The predicted molar refractivity (Wildman–Crippen MR) is 86.2 cm³/mol. The molecule has 0 amide bonds. The van der Waals surface area contributed by atoms with Gasteiger partial charge in [0.15, 0.2) is 0 Å². The van der Waals surface area contributed by atoms with Gasteiger partial charge in [0.2, 0.25) is 11.1 Å². The van der Waals surface area contributed by atoms with E-state index in [1.54, 1.807) is 11.3 Å². The fourth-order valence-corrected chi connectivity index (χ4v) is 3.65. The molecule has 3 rings (SSSR count). The van der Waals surface area contributed by atoms with E-state index in [-0.39, 0.29) is 0 Å². The van der Waals surface area contributed by atoms with Crippen molar-refractivity contribution in [3.05, 3.63) is 16.8 Å². The molecule has 0 bridgehead atoms. The van der Waals surface area contributed by atoms with Gasteiger partial charge in [0.1, 0.15) is 15.7 Å². The molecule has 21 heavy (non-hydrogen) atoms. The lowest BCUT2D eigenvalue weighted by molar-refractivity contribution is 0.942. The summed E-state index contributed by atoms with van der Waals surface area (Å²) in [6.45, 7) is 6.94. The van der Waals surface area contributed by atoms with E-state index in [1.807, 2.05) is 6.92 Å². The number of hydrogen-bond donors (Lipinski definition) is 2. The van der Waals surface area contributed by atoms with E-state index >= 15 is 0 Å². The molecule has 110 valence electrons. The zero-order valence-corrected chi connectivity index (χ0v) is 13.7. The van der Waals surface area contributed by atoms with Gasteiger partial charge < -0.3 is 5.32 Å². The molecule has 3 aromatic rings. The van der Waals surface area contributed by atoms with E-state index in [4.69, 9.17) is 0 Å². The maximum Gasteiger partial charge on any atom is 0.225 e. The van der Waals surface area contributed by atoms with Crippen LogP contribution in [-0.4, -0.2) is 31.7 Å². The van der Waals surface area contributed by atoms with Gasteiger partial charge in [-0.15, -0.1) is 16.4 Å². The summed E-state index contributed by atoms with van der Waals surface area (Å²) >= 11 is 3.14. The zero-order chi connectivity index (χ0) is 14.8. The Hall–Kier alpha value is -1.67. The van der Waals surface area contributed by atoms with Gasteiger partial charge in [-0.25, -0.2) is 15.0 Å². The molecule has 0 aliphatic rings. The molecular weight excluding hydrogens is 304 g/mol. The number of aryl methyl sites for hydroxylation is 2. The number of aromatic amines is 1. The minimum Gasteiger partial charge on any atom is -0.354 e. The number of fused-ring (bicyclic) bond motifs is 1. The van der Waals surface area contributed by atoms with Crippen LogP contribution in [0.4, 0.5) is 5.95 Å². The van der Waals surface area contributed by atoms with Crippen molar-refractivity contribution < 1.29 is 0 Å². The first-order valence-electron chi connectivity index (χ1n) is 6.74. The summed E-state index contributed by atoms with van der Waals surface area (Å²) in [5.74, 6) is 1.47. The van der Waals surface area contributed by atoms with Crippen molar-refractivity contribution in [3.63, 3.8) is 0 Å². The molecule has 0 saturated heterocycles. The van der Waals surface area contributed by atoms with Gasteiger partial charge in [0.05, 0.1) is 0 Å². The topological polar surface area (TPSA) is 79.4 Å². The molecule has 0 fully saturated rings. The largest absolute Gasteiger partial charge is 0.354 e. The highest BCUT2D eigenvalue weighted by atomic mass is 32.2. The quantitative estimate of drug-likeness (QED) is 0.701. The summed E-state index contributed by atoms with van der Waals surface area (Å²) < 4.78 is 0. The Bertz CT molecular complexity index is 763. The molecule has 3 aromatic heterocycles. The highest BCUT2D eigenvalue weighted by Gasteiger charge is 2.13. The summed E-state index contributed by atoms with van der Waals surface area (Å²) in [6.07, 6.45) is 1.04. The predicted octanol–water partition coefficient (Wildman–Crippen LogP) is 3.40. The van der Waals surface area contributed by atoms with Crippen molar-refractivity contribution in [1.82, 2.24) is 25.1 Å². The molecule has 0 aromatic carbocycles. The van der Waals surface area contributed by atoms with Gasteiger partial charge in [0.25, 0.3) is 0 Å². The first-order chi connectivity index (χ1) is 10.2. The zero-order valence-electron chi connectivity index (χ0n) is 12.1. The van der Waals surface area contributed by atoms with Crippen LogP contribution in [0.15, 0.2) is 16.2 Å². The molecule has 6 nitrogen and oxygen atoms in total. The van der Waals surface area contributed by atoms with Crippen molar-refractivity contribution in [1.29, 1.82) is 0 Å². The van der Waals surface area contributed by atoms with Crippen molar-refractivity contribution in [3.8, 4) is 0 Å². The first kappa shape index (κ1) is 14.3. The van der Waals surface area contributed by atoms with E-state index in [9.17, 15) is 0 Å². The van der Waals surface area contributed by atoms with E-state index in [0.29, 0.717) is 11.1 Å². The third-order valence-electron chi connectivity index (χ3n) is 2.78. The van der Waals surface area contributed by atoms with E-state index < -0.39 is 0 Å². The monoisotopic (exact) mass is 320 g/mol. The molecule has 0 spiro atoms. The fraction of sp³-hybridized carbons (Fsp3) is 0.385. The normalized spacial score (nSPS) is 11.2. The van der Waals surface area contributed by atoms with Gasteiger partial charge in [-0.1, -0.05) is 6.92 Å². The Morgan fingerprint density at radius 2 is 2.14 bits per heavy atom. The van der Waals surface area contributed by atoms with Crippen LogP contribution >= 0.6 is 23.1 Å². The van der Waals surface area contributed by atoms with Crippen LogP contribution in [0.25, 0.3) is 10.2 Å². The van der Waals surface area contributed by atoms with Crippen LogP contribution in [0.2, 0.25) is 0 Å². The molecule has 0 unspecified atom stereocenters. The Morgan fingerprint density at radius 3 is 2.86 bits per heavy atom. The van der Waals surface area contributed by atoms with Gasteiger partial charge in [-0.2, -0.15) is 0 Å². The first-order valence-corrected chi connectivity index (χ1v) is 8.38. The average molecular weight is 320 g/mol. The van der Waals surface area contributed by atoms with Crippen LogP contribution < -0.4 is 5.32 Å². The second-order valence-corrected chi connectivity index (χ2v) is 6.85. The van der Waals surface area contributed by atoms with Gasteiger partial charge in [-0.3, -0.25) is 5.10 Å². The fourth-order valence-electron chi connectivity index (χ4n) is 1.86. The Balaban J connectivity index is 2.01. The second kappa shape index (κ2) is 5.98. The maximum atomic E-state index is 4.61. The van der Waals surface area contributed by atoms with E-state index in [1.165, 1.54) is 16.6 Å². The van der Waals surface area contributed by atoms with Crippen molar-refractivity contribution in [2.24, 2.45) is 0 Å². The molecular formula is C13H16N6S2. The number of aromatic nitrogens is 5. The summed E-state index contributed by atoms with van der Waals surface area (Å²) in [6, 6.07) is 2.12. The number of hydrogen-bond acceptors (Lipinski definition) is 7. The number of thiophene rings is 1. The average Bonchev–Trinajstić information content (AvgIpc) is 3.01. The van der Waals surface area contributed by atoms with Crippen LogP contribution in [-0.2, 0) is 0 Å². The highest BCUT2D eigenvalue weighted by Crippen LogP contribution is 2.34. The Kier molecular flexibility index (Phi) is 4.07. The number of anilines is 1. The van der Waals surface area contributed by atoms with Crippen molar-refractivity contribution >= 4 is 39.3 Å². The summed E-state index contributed by atoms with van der Waals surface area (Å²) in [7, 11) is 0. The lowest BCUT2D eigenvalue weighted by Gasteiger charge is -2.05. The molecule has 0 radical (unpaired) electrons.